The van der Waals surface area contributed by atoms with E-state index in [2.05, 4.69) is 41.0 Å². The minimum Gasteiger partial charge on any atom is -0.229 e. The molecular formula is C13H16NS+. The maximum atomic E-state index is 3.32. The van der Waals surface area contributed by atoms with Gasteiger partial charge in [-0.25, -0.2) is 4.58 Å². The topological polar surface area (TPSA) is 3.01 Å². The summed E-state index contributed by atoms with van der Waals surface area (Å²) in [6.07, 6.45) is 5.09. The van der Waals surface area contributed by atoms with Gasteiger partial charge in [0, 0.05) is 18.8 Å². The van der Waals surface area contributed by atoms with Gasteiger partial charge in [-0.05, 0) is 30.2 Å². The quantitative estimate of drug-likeness (QED) is 0.465. The zero-order valence-corrected chi connectivity index (χ0v) is 9.94. The summed E-state index contributed by atoms with van der Waals surface area (Å²) in [6.45, 7) is 1.16. The van der Waals surface area contributed by atoms with Gasteiger partial charge in [-0.2, -0.15) is 0 Å². The Morgan fingerprint density at radius 1 is 1.27 bits per heavy atom. The molecule has 0 aliphatic carbocycles. The van der Waals surface area contributed by atoms with Crippen molar-refractivity contribution in [2.24, 2.45) is 0 Å². The molecule has 15 heavy (non-hydrogen) atoms. The predicted octanol–water partition coefficient (Wildman–Crippen LogP) is 2.76. The first-order valence-electron chi connectivity index (χ1n) is 5.49. The summed E-state index contributed by atoms with van der Waals surface area (Å²) in [5, 5.41) is 2.07. The van der Waals surface area contributed by atoms with Crippen molar-refractivity contribution in [1.29, 1.82) is 0 Å². The van der Waals surface area contributed by atoms with Crippen molar-refractivity contribution in [2.45, 2.75) is 25.7 Å². The monoisotopic (exact) mass is 218 g/mol. The van der Waals surface area contributed by atoms with Crippen LogP contribution in [0, 0.1) is 11.8 Å². The highest BCUT2D eigenvalue weighted by Gasteiger charge is 2.11. The Bertz CT molecular complexity index is 403. The number of nitrogens with zero attached hydrogens (tertiary/aromatic N) is 1. The second-order valence-corrected chi connectivity index (χ2v) is 4.85. The molecule has 0 amide bonds. The van der Waals surface area contributed by atoms with Gasteiger partial charge >= 0.3 is 0 Å². The second-order valence-electron chi connectivity index (χ2n) is 3.91. The van der Waals surface area contributed by atoms with E-state index in [1.807, 2.05) is 0 Å². The van der Waals surface area contributed by atoms with Crippen molar-refractivity contribution in [2.75, 3.05) is 13.6 Å². The molecule has 2 heteroatoms. The molecule has 1 nitrogen and oxygen atoms in total. The van der Waals surface area contributed by atoms with Gasteiger partial charge in [-0.15, -0.1) is 11.3 Å². The van der Waals surface area contributed by atoms with E-state index in [1.54, 1.807) is 11.3 Å². The van der Waals surface area contributed by atoms with Crippen molar-refractivity contribution < 1.29 is 4.58 Å². The molecule has 0 aromatic carbocycles. The van der Waals surface area contributed by atoms with Crippen LogP contribution in [0.2, 0.25) is 0 Å². The molecule has 78 valence electrons. The average Bonchev–Trinajstić information content (AvgIpc) is 2.67. The Hall–Kier alpha value is -1.07. The Kier molecular flexibility index (Phi) is 3.58. The van der Waals surface area contributed by atoms with Gasteiger partial charge in [0.05, 0.1) is 4.88 Å². The molecule has 0 radical (unpaired) electrons. The summed E-state index contributed by atoms with van der Waals surface area (Å²) in [7, 11) is 2.16. The molecule has 2 heterocycles. The van der Waals surface area contributed by atoms with Crippen LogP contribution < -0.4 is 0 Å². The van der Waals surface area contributed by atoms with Crippen molar-refractivity contribution in [1.82, 2.24) is 0 Å². The molecule has 0 spiro atoms. The lowest BCUT2D eigenvalue weighted by molar-refractivity contribution is -0.496. The van der Waals surface area contributed by atoms with Crippen LogP contribution in [-0.2, 0) is 0 Å². The minimum absolute atomic E-state index is 1.15. The van der Waals surface area contributed by atoms with E-state index in [0.717, 1.165) is 13.0 Å². The van der Waals surface area contributed by atoms with E-state index in [-0.39, 0.29) is 0 Å². The molecule has 0 saturated carbocycles. The van der Waals surface area contributed by atoms with Crippen LogP contribution in [0.5, 0.6) is 0 Å². The lowest BCUT2D eigenvalue weighted by Gasteiger charge is -1.94. The molecule has 1 aromatic rings. The summed E-state index contributed by atoms with van der Waals surface area (Å²) in [4.78, 5) is 1.17. The number of hydrogen-bond donors (Lipinski definition) is 0. The van der Waals surface area contributed by atoms with Crippen LogP contribution in [0.1, 0.15) is 30.6 Å². The molecular weight excluding hydrogens is 202 g/mol. The van der Waals surface area contributed by atoms with E-state index < -0.39 is 0 Å². The average molecular weight is 218 g/mol. The van der Waals surface area contributed by atoms with Crippen LogP contribution in [-0.4, -0.2) is 23.9 Å². The van der Waals surface area contributed by atoms with Gasteiger partial charge in [0.2, 0.25) is 5.71 Å². The van der Waals surface area contributed by atoms with E-state index in [9.17, 15) is 0 Å². The Balaban J connectivity index is 2.15. The summed E-state index contributed by atoms with van der Waals surface area (Å²) in [5.74, 6) is 6.56. The third-order valence-corrected chi connectivity index (χ3v) is 3.50. The molecule has 1 aromatic heterocycles. The lowest BCUT2D eigenvalue weighted by Crippen LogP contribution is -2.14. The standard InChI is InChI=1S/C13H16NS/c1-14-10-4-2-3-6-12(14)8-9-13-7-5-11-15-13/h5,7,11H,2-4,6,10H2,1H3/q+1. The van der Waals surface area contributed by atoms with E-state index in [4.69, 9.17) is 0 Å². The maximum Gasteiger partial charge on any atom is 0.227 e. The highest BCUT2D eigenvalue weighted by molar-refractivity contribution is 7.10. The van der Waals surface area contributed by atoms with E-state index >= 15 is 0 Å². The van der Waals surface area contributed by atoms with Gasteiger partial charge in [0.25, 0.3) is 0 Å². The fraction of sp³-hybridized carbons (Fsp3) is 0.462. The summed E-state index contributed by atoms with van der Waals surface area (Å²) >= 11 is 1.71. The summed E-state index contributed by atoms with van der Waals surface area (Å²) in [5.41, 5.74) is 1.31. The Morgan fingerprint density at radius 3 is 3.00 bits per heavy atom. The van der Waals surface area contributed by atoms with Crippen molar-refractivity contribution >= 4 is 17.0 Å². The molecule has 0 saturated heterocycles. The number of hydrogen-bond acceptors (Lipinski definition) is 1. The van der Waals surface area contributed by atoms with Crippen LogP contribution in [0.15, 0.2) is 17.5 Å². The SMILES string of the molecule is C[N+]1=C(C#Cc2cccs2)CCCCC1. The maximum absolute atomic E-state index is 3.32. The second kappa shape index (κ2) is 5.14. The van der Waals surface area contributed by atoms with Crippen LogP contribution in [0.3, 0.4) is 0 Å². The molecule has 0 bridgehead atoms. The van der Waals surface area contributed by atoms with E-state index in [1.165, 1.54) is 29.9 Å². The molecule has 0 N–H and O–H groups in total. The molecule has 0 fully saturated rings. The Labute approximate surface area is 95.5 Å². The lowest BCUT2D eigenvalue weighted by atomic mass is 10.1. The Morgan fingerprint density at radius 2 is 2.20 bits per heavy atom. The normalized spacial score (nSPS) is 16.9. The highest BCUT2D eigenvalue weighted by atomic mass is 32.1. The summed E-state index contributed by atoms with van der Waals surface area (Å²) in [6, 6.07) is 4.13. The zero-order valence-electron chi connectivity index (χ0n) is 9.12. The smallest absolute Gasteiger partial charge is 0.227 e. The van der Waals surface area contributed by atoms with Crippen LogP contribution >= 0.6 is 11.3 Å². The fourth-order valence-electron chi connectivity index (χ4n) is 1.79. The van der Waals surface area contributed by atoms with Gasteiger partial charge < -0.3 is 0 Å². The fourth-order valence-corrected chi connectivity index (χ4v) is 2.36. The van der Waals surface area contributed by atoms with Crippen molar-refractivity contribution in [3.05, 3.63) is 22.4 Å². The minimum atomic E-state index is 1.15. The first-order chi connectivity index (χ1) is 7.36. The molecule has 0 atom stereocenters. The van der Waals surface area contributed by atoms with Crippen LogP contribution in [0.4, 0.5) is 0 Å². The highest BCUT2D eigenvalue weighted by Crippen LogP contribution is 2.08. The molecule has 1 aliphatic rings. The van der Waals surface area contributed by atoms with Crippen molar-refractivity contribution in [3.8, 4) is 11.8 Å². The largest absolute Gasteiger partial charge is 0.229 e. The van der Waals surface area contributed by atoms with Gasteiger partial charge in [0.15, 0.2) is 0 Å². The first-order valence-corrected chi connectivity index (χ1v) is 6.37. The van der Waals surface area contributed by atoms with Gasteiger partial charge in [-0.1, -0.05) is 6.07 Å². The van der Waals surface area contributed by atoms with Gasteiger partial charge in [0.1, 0.15) is 13.6 Å². The first kappa shape index (κ1) is 10.4. The zero-order chi connectivity index (χ0) is 10.5. The molecule has 2 rings (SSSR count). The molecule has 1 aliphatic heterocycles. The predicted molar refractivity (Wildman–Crippen MR) is 65.7 cm³/mol. The third kappa shape index (κ3) is 2.94. The number of thiophene rings is 1. The van der Waals surface area contributed by atoms with Crippen molar-refractivity contribution in [3.63, 3.8) is 0 Å². The number of rotatable bonds is 0. The summed E-state index contributed by atoms with van der Waals surface area (Å²) < 4.78 is 2.31. The van der Waals surface area contributed by atoms with Gasteiger partial charge in [-0.3, -0.25) is 0 Å². The molecule has 0 unspecified atom stereocenters. The van der Waals surface area contributed by atoms with E-state index in [0.29, 0.717) is 0 Å². The van der Waals surface area contributed by atoms with Crippen LogP contribution in [0.25, 0.3) is 0 Å². The third-order valence-electron chi connectivity index (χ3n) is 2.72.